The Bertz CT molecular complexity index is 863. The first-order chi connectivity index (χ1) is 9.97. The lowest BCUT2D eigenvalue weighted by Crippen LogP contribution is -1.95. The normalized spacial score (nSPS) is 11.1. The second-order valence-electron chi connectivity index (χ2n) is 4.89. The van der Waals surface area contributed by atoms with Gasteiger partial charge in [0.25, 0.3) is 0 Å². The standard InChI is InChI=1S/C16H11Cl2FN2/c1-8-3-4-10(7-9(8)2)16-20-14-12(19)6-5-11(17)13(14)15(18)21-16/h3-7H,1-2H3. The molecular weight excluding hydrogens is 310 g/mol. The van der Waals surface area contributed by atoms with Crippen molar-refractivity contribution in [3.05, 3.63) is 57.5 Å². The molecule has 0 N–H and O–H groups in total. The molecule has 0 radical (unpaired) electrons. The molecule has 0 amide bonds. The van der Waals surface area contributed by atoms with Gasteiger partial charge in [0.15, 0.2) is 5.82 Å². The van der Waals surface area contributed by atoms with Gasteiger partial charge in [-0.05, 0) is 43.2 Å². The fraction of sp³-hybridized carbons (Fsp3) is 0.125. The molecule has 0 atom stereocenters. The lowest BCUT2D eigenvalue weighted by molar-refractivity contribution is 0.636. The fourth-order valence-corrected chi connectivity index (χ4v) is 2.70. The minimum atomic E-state index is -0.469. The first-order valence-corrected chi connectivity index (χ1v) is 7.12. The van der Waals surface area contributed by atoms with Crippen LogP contribution in [0.1, 0.15) is 11.1 Å². The molecule has 106 valence electrons. The molecule has 0 unspecified atom stereocenters. The summed E-state index contributed by atoms with van der Waals surface area (Å²) in [7, 11) is 0. The van der Waals surface area contributed by atoms with E-state index >= 15 is 0 Å². The molecule has 2 nitrogen and oxygen atoms in total. The smallest absolute Gasteiger partial charge is 0.161 e. The second kappa shape index (κ2) is 5.24. The number of aryl methyl sites for hydroxylation is 2. The quantitative estimate of drug-likeness (QED) is 0.564. The lowest BCUT2D eigenvalue weighted by Gasteiger charge is -2.08. The maximum absolute atomic E-state index is 14.0. The van der Waals surface area contributed by atoms with Gasteiger partial charge in [-0.15, -0.1) is 0 Å². The molecular formula is C16H11Cl2FN2. The molecule has 0 aliphatic rings. The Morgan fingerprint density at radius 3 is 2.43 bits per heavy atom. The Labute approximate surface area is 131 Å². The van der Waals surface area contributed by atoms with E-state index in [-0.39, 0.29) is 10.7 Å². The predicted octanol–water partition coefficient (Wildman–Crippen LogP) is 5.36. The zero-order valence-corrected chi connectivity index (χ0v) is 12.9. The van der Waals surface area contributed by atoms with Crippen LogP contribution in [0, 0.1) is 19.7 Å². The number of nitrogens with zero attached hydrogens (tertiary/aromatic N) is 2. The van der Waals surface area contributed by atoms with Crippen LogP contribution in [0.3, 0.4) is 0 Å². The molecule has 0 saturated carbocycles. The van der Waals surface area contributed by atoms with Gasteiger partial charge in [-0.1, -0.05) is 35.3 Å². The fourth-order valence-electron chi connectivity index (χ4n) is 2.14. The van der Waals surface area contributed by atoms with Crippen LogP contribution in [0.2, 0.25) is 10.2 Å². The molecule has 2 aromatic carbocycles. The summed E-state index contributed by atoms with van der Waals surface area (Å²) < 4.78 is 14.0. The summed E-state index contributed by atoms with van der Waals surface area (Å²) in [4.78, 5) is 8.53. The van der Waals surface area contributed by atoms with E-state index in [1.807, 2.05) is 32.0 Å². The SMILES string of the molecule is Cc1ccc(-c2nc(Cl)c3c(Cl)ccc(F)c3n2)cc1C. The molecule has 1 aromatic heterocycles. The van der Waals surface area contributed by atoms with Crippen molar-refractivity contribution in [3.63, 3.8) is 0 Å². The Morgan fingerprint density at radius 1 is 0.952 bits per heavy atom. The highest BCUT2D eigenvalue weighted by molar-refractivity contribution is 6.41. The van der Waals surface area contributed by atoms with Crippen molar-refractivity contribution in [2.45, 2.75) is 13.8 Å². The van der Waals surface area contributed by atoms with Crippen molar-refractivity contribution < 1.29 is 4.39 Å². The van der Waals surface area contributed by atoms with Gasteiger partial charge in [0, 0.05) is 5.56 Å². The van der Waals surface area contributed by atoms with E-state index < -0.39 is 5.82 Å². The summed E-state index contributed by atoms with van der Waals surface area (Å²) in [5.74, 6) is -0.0828. The van der Waals surface area contributed by atoms with Crippen LogP contribution in [0.4, 0.5) is 4.39 Å². The van der Waals surface area contributed by atoms with Gasteiger partial charge in [0.1, 0.15) is 16.5 Å². The summed E-state index contributed by atoms with van der Waals surface area (Å²) in [5.41, 5.74) is 3.20. The first-order valence-electron chi connectivity index (χ1n) is 6.36. The number of hydrogen-bond donors (Lipinski definition) is 0. The minimum absolute atomic E-state index is 0.135. The number of rotatable bonds is 1. The number of fused-ring (bicyclic) bond motifs is 1. The first kappa shape index (κ1) is 14.2. The van der Waals surface area contributed by atoms with Crippen molar-refractivity contribution in [1.82, 2.24) is 9.97 Å². The Balaban J connectivity index is 2.30. The van der Waals surface area contributed by atoms with Gasteiger partial charge < -0.3 is 0 Å². The van der Waals surface area contributed by atoms with Crippen molar-refractivity contribution in [1.29, 1.82) is 0 Å². The summed E-state index contributed by atoms with van der Waals surface area (Å²) >= 11 is 12.2. The van der Waals surface area contributed by atoms with Gasteiger partial charge in [-0.2, -0.15) is 0 Å². The maximum atomic E-state index is 14.0. The number of aromatic nitrogens is 2. The van der Waals surface area contributed by atoms with Gasteiger partial charge in [-0.25, -0.2) is 14.4 Å². The van der Waals surface area contributed by atoms with Crippen LogP contribution in [-0.4, -0.2) is 9.97 Å². The van der Waals surface area contributed by atoms with Crippen LogP contribution < -0.4 is 0 Å². The summed E-state index contributed by atoms with van der Waals surface area (Å²) in [6.45, 7) is 4.02. The molecule has 1 heterocycles. The number of hydrogen-bond acceptors (Lipinski definition) is 2. The topological polar surface area (TPSA) is 25.8 Å². The van der Waals surface area contributed by atoms with Gasteiger partial charge in [0.05, 0.1) is 10.4 Å². The van der Waals surface area contributed by atoms with Crippen LogP contribution >= 0.6 is 23.2 Å². The molecule has 5 heteroatoms. The number of benzene rings is 2. The highest BCUT2D eigenvalue weighted by Crippen LogP contribution is 2.32. The highest BCUT2D eigenvalue weighted by atomic mass is 35.5. The maximum Gasteiger partial charge on any atom is 0.161 e. The lowest BCUT2D eigenvalue weighted by atomic mass is 10.1. The Morgan fingerprint density at radius 2 is 1.71 bits per heavy atom. The van der Waals surface area contributed by atoms with Crippen molar-refractivity contribution in [3.8, 4) is 11.4 Å². The van der Waals surface area contributed by atoms with Crippen LogP contribution in [-0.2, 0) is 0 Å². The molecule has 0 saturated heterocycles. The van der Waals surface area contributed by atoms with Crippen LogP contribution in [0.25, 0.3) is 22.3 Å². The Hall–Kier alpha value is -1.71. The third-order valence-corrected chi connectivity index (χ3v) is 4.06. The van der Waals surface area contributed by atoms with Crippen molar-refractivity contribution >= 4 is 34.1 Å². The number of halogens is 3. The third-order valence-electron chi connectivity index (χ3n) is 3.47. The molecule has 0 aliphatic heterocycles. The molecule has 0 fully saturated rings. The zero-order chi connectivity index (χ0) is 15.1. The molecule has 0 spiro atoms. The molecule has 21 heavy (non-hydrogen) atoms. The summed E-state index contributed by atoms with van der Waals surface area (Å²) in [5, 5.41) is 0.826. The minimum Gasteiger partial charge on any atom is -0.225 e. The van der Waals surface area contributed by atoms with E-state index in [1.165, 1.54) is 17.7 Å². The largest absolute Gasteiger partial charge is 0.225 e. The summed E-state index contributed by atoms with van der Waals surface area (Å²) in [6, 6.07) is 8.54. The van der Waals surface area contributed by atoms with Crippen LogP contribution in [0.15, 0.2) is 30.3 Å². The highest BCUT2D eigenvalue weighted by Gasteiger charge is 2.14. The third kappa shape index (κ3) is 2.47. The van der Waals surface area contributed by atoms with Crippen LogP contribution in [0.5, 0.6) is 0 Å². The zero-order valence-electron chi connectivity index (χ0n) is 11.4. The monoisotopic (exact) mass is 320 g/mol. The van der Waals surface area contributed by atoms with Gasteiger partial charge >= 0.3 is 0 Å². The van der Waals surface area contributed by atoms with E-state index in [4.69, 9.17) is 23.2 Å². The molecule has 0 bridgehead atoms. The average Bonchev–Trinajstić information content (AvgIpc) is 2.45. The van der Waals surface area contributed by atoms with E-state index in [0.717, 1.165) is 11.1 Å². The Kier molecular flexibility index (Phi) is 3.56. The van der Waals surface area contributed by atoms with Crippen molar-refractivity contribution in [2.75, 3.05) is 0 Å². The summed E-state index contributed by atoms with van der Waals surface area (Å²) in [6.07, 6.45) is 0. The van der Waals surface area contributed by atoms with E-state index in [1.54, 1.807) is 0 Å². The molecule has 3 aromatic rings. The van der Waals surface area contributed by atoms with Gasteiger partial charge in [-0.3, -0.25) is 0 Å². The second-order valence-corrected chi connectivity index (χ2v) is 5.66. The van der Waals surface area contributed by atoms with Crippen molar-refractivity contribution in [2.24, 2.45) is 0 Å². The van der Waals surface area contributed by atoms with E-state index in [9.17, 15) is 4.39 Å². The molecule has 3 rings (SSSR count). The van der Waals surface area contributed by atoms with E-state index in [0.29, 0.717) is 16.2 Å². The molecule has 0 aliphatic carbocycles. The van der Waals surface area contributed by atoms with Gasteiger partial charge in [0.2, 0.25) is 0 Å². The predicted molar refractivity (Wildman–Crippen MR) is 84.4 cm³/mol. The average molecular weight is 321 g/mol. The van der Waals surface area contributed by atoms with E-state index in [2.05, 4.69) is 9.97 Å².